The van der Waals surface area contributed by atoms with Crippen LogP contribution in [0.25, 0.3) is 0 Å². The average Bonchev–Trinajstić information content (AvgIpc) is 3.69. The van der Waals surface area contributed by atoms with Gasteiger partial charge in [0.05, 0.1) is 22.8 Å². The van der Waals surface area contributed by atoms with Gasteiger partial charge in [-0.2, -0.15) is 0 Å². The second-order valence-electron chi connectivity index (χ2n) is 13.0. The SMILES string of the molecule is C=CC(C)(C)O[C@H](C)[C@@H]1NC(=O)[C@H]([C@@H](C)CC)NC(=O)[C@@H]2CSC(=N2)[C@H](C)NC(=O)[C@H]2N=C(OC2C)[C@H](Cc2ccccc2)NC1=O. The van der Waals surface area contributed by atoms with Crippen LogP contribution in [0.1, 0.15) is 60.5 Å². The first kappa shape index (κ1) is 36.1. The molecule has 0 aliphatic carbocycles. The molecule has 4 rings (SSSR count). The van der Waals surface area contributed by atoms with Crippen LogP contribution in [-0.4, -0.2) is 94.4 Å². The van der Waals surface area contributed by atoms with E-state index in [1.807, 2.05) is 44.2 Å². The fourth-order valence-corrected chi connectivity index (χ4v) is 6.66. The Bertz CT molecular complexity index is 1400. The van der Waals surface area contributed by atoms with Crippen LogP contribution < -0.4 is 21.3 Å². The maximum atomic E-state index is 14.2. The molecule has 13 heteroatoms. The predicted octanol–water partition coefficient (Wildman–Crippen LogP) is 2.32. The number of hydrogen-bond acceptors (Lipinski definition) is 9. The van der Waals surface area contributed by atoms with Crippen molar-refractivity contribution in [1.82, 2.24) is 21.3 Å². The Balaban J connectivity index is 1.77. The molecule has 0 fully saturated rings. The van der Waals surface area contributed by atoms with E-state index in [9.17, 15) is 19.2 Å². The lowest BCUT2D eigenvalue weighted by Crippen LogP contribution is -2.61. The Hall–Kier alpha value is -3.71. The normalized spacial score (nSPS) is 30.2. The van der Waals surface area contributed by atoms with Gasteiger partial charge < -0.3 is 30.7 Å². The molecule has 0 aromatic heterocycles. The second kappa shape index (κ2) is 15.5. The quantitative estimate of drug-likeness (QED) is 0.310. The molecule has 0 saturated carbocycles. The highest BCUT2D eigenvalue weighted by molar-refractivity contribution is 8.14. The summed E-state index contributed by atoms with van der Waals surface area (Å²) in [6.45, 7) is 16.5. The van der Waals surface area contributed by atoms with E-state index in [1.165, 1.54) is 11.8 Å². The van der Waals surface area contributed by atoms with Crippen molar-refractivity contribution >= 4 is 46.3 Å². The van der Waals surface area contributed by atoms with Gasteiger partial charge in [-0.15, -0.1) is 18.3 Å². The van der Waals surface area contributed by atoms with Crippen LogP contribution >= 0.6 is 11.8 Å². The van der Waals surface area contributed by atoms with Crippen molar-refractivity contribution in [2.75, 3.05) is 5.75 Å². The minimum absolute atomic E-state index is 0.214. The number of nitrogens with one attached hydrogen (secondary N) is 4. The fourth-order valence-electron chi connectivity index (χ4n) is 5.59. The van der Waals surface area contributed by atoms with Crippen molar-refractivity contribution in [1.29, 1.82) is 0 Å². The monoisotopic (exact) mass is 668 g/mol. The molecule has 256 valence electrons. The Kier molecular flexibility index (Phi) is 11.9. The zero-order chi connectivity index (χ0) is 34.5. The summed E-state index contributed by atoms with van der Waals surface area (Å²) >= 11 is 1.39. The highest BCUT2D eigenvalue weighted by Gasteiger charge is 2.41. The van der Waals surface area contributed by atoms with Crippen molar-refractivity contribution in [3.05, 3.63) is 48.6 Å². The number of fused-ring (bicyclic) bond motifs is 2. The number of thioether (sulfide) groups is 1. The van der Waals surface area contributed by atoms with E-state index < -0.39 is 71.8 Å². The van der Waals surface area contributed by atoms with E-state index in [2.05, 4.69) is 37.8 Å². The number of amides is 4. The van der Waals surface area contributed by atoms with Crippen molar-refractivity contribution in [2.45, 2.75) is 115 Å². The van der Waals surface area contributed by atoms with Crippen molar-refractivity contribution in [3.8, 4) is 0 Å². The standard InChI is InChI=1S/C34H48N6O6S/c1-9-18(3)25-29(42)39-27(21(6)46-34(7,8)10-2)31(44)36-23(16-22-14-12-11-13-15-22)32-40-26(20(5)45-32)30(43)35-19(4)33-37-24(17-47-33)28(41)38-25/h10-15,18-21,23-27H,2,9,16-17H2,1,3-8H3,(H,35,43)(H,36,44)(H,38,41)(H,39,42)/t18-,19-,20?,21+,23-,24-,25-,26-,27-/m0/s1. The molecular formula is C34H48N6O6S. The number of ether oxygens (including phenoxy) is 2. The molecular weight excluding hydrogens is 620 g/mol. The maximum absolute atomic E-state index is 14.2. The third-order valence-electron chi connectivity index (χ3n) is 8.71. The molecule has 3 heterocycles. The van der Waals surface area contributed by atoms with E-state index in [4.69, 9.17) is 9.47 Å². The third kappa shape index (κ3) is 9.01. The molecule has 4 amide bonds. The van der Waals surface area contributed by atoms with Gasteiger partial charge in [-0.25, -0.2) is 4.99 Å². The zero-order valence-electron chi connectivity index (χ0n) is 28.2. The van der Waals surface area contributed by atoms with Gasteiger partial charge in [0.1, 0.15) is 30.3 Å². The second-order valence-corrected chi connectivity index (χ2v) is 14.0. The molecule has 47 heavy (non-hydrogen) atoms. The summed E-state index contributed by atoms with van der Waals surface area (Å²) in [7, 11) is 0. The van der Waals surface area contributed by atoms with E-state index in [0.29, 0.717) is 23.6 Å². The fraction of sp³-hybridized carbons (Fsp3) is 0.588. The van der Waals surface area contributed by atoms with Crippen LogP contribution in [-0.2, 0) is 35.1 Å². The van der Waals surface area contributed by atoms with Gasteiger partial charge in [0.25, 0.3) is 0 Å². The largest absolute Gasteiger partial charge is 0.474 e. The van der Waals surface area contributed by atoms with Gasteiger partial charge in [-0.1, -0.05) is 56.7 Å². The van der Waals surface area contributed by atoms with Crippen LogP contribution in [0.3, 0.4) is 0 Å². The minimum Gasteiger partial charge on any atom is -0.474 e. The molecule has 1 aromatic carbocycles. The maximum Gasteiger partial charge on any atom is 0.249 e. The van der Waals surface area contributed by atoms with Gasteiger partial charge in [-0.3, -0.25) is 24.2 Å². The van der Waals surface area contributed by atoms with Crippen LogP contribution in [0.2, 0.25) is 0 Å². The van der Waals surface area contributed by atoms with Crippen molar-refractivity contribution in [2.24, 2.45) is 15.9 Å². The molecule has 9 atom stereocenters. The predicted molar refractivity (Wildman–Crippen MR) is 183 cm³/mol. The average molecular weight is 669 g/mol. The van der Waals surface area contributed by atoms with E-state index in [0.717, 1.165) is 5.56 Å². The Morgan fingerprint density at radius 3 is 2.30 bits per heavy atom. The van der Waals surface area contributed by atoms with Gasteiger partial charge in [0.2, 0.25) is 29.5 Å². The minimum atomic E-state index is -1.17. The number of carbonyl (C=O) groups excluding carboxylic acids is 4. The lowest BCUT2D eigenvalue weighted by Gasteiger charge is -2.33. The number of rotatable bonds is 8. The number of carbonyl (C=O) groups is 4. The summed E-state index contributed by atoms with van der Waals surface area (Å²) in [5, 5.41) is 12.4. The summed E-state index contributed by atoms with van der Waals surface area (Å²) in [6.07, 6.45) is 1.11. The van der Waals surface area contributed by atoms with Gasteiger partial charge in [0, 0.05) is 12.2 Å². The zero-order valence-corrected chi connectivity index (χ0v) is 29.1. The highest BCUT2D eigenvalue weighted by atomic mass is 32.2. The Morgan fingerprint density at radius 2 is 1.64 bits per heavy atom. The van der Waals surface area contributed by atoms with Gasteiger partial charge >= 0.3 is 0 Å². The molecule has 0 spiro atoms. The van der Waals surface area contributed by atoms with E-state index in [-0.39, 0.29) is 17.7 Å². The molecule has 4 N–H and O–H groups in total. The lowest BCUT2D eigenvalue weighted by molar-refractivity contribution is -0.138. The van der Waals surface area contributed by atoms with Crippen LogP contribution in [0.4, 0.5) is 0 Å². The molecule has 1 aromatic rings. The molecule has 0 saturated heterocycles. The first-order valence-corrected chi connectivity index (χ1v) is 17.2. The molecule has 12 nitrogen and oxygen atoms in total. The summed E-state index contributed by atoms with van der Waals surface area (Å²) in [5.74, 6) is -1.47. The molecule has 3 aliphatic rings. The third-order valence-corrected chi connectivity index (χ3v) is 9.95. The molecule has 1 unspecified atom stereocenters. The summed E-state index contributed by atoms with van der Waals surface area (Å²) < 4.78 is 12.3. The first-order valence-electron chi connectivity index (χ1n) is 16.2. The summed E-state index contributed by atoms with van der Waals surface area (Å²) in [5.41, 5.74) is 0.0923. The lowest BCUT2D eigenvalue weighted by atomic mass is 9.97. The smallest absolute Gasteiger partial charge is 0.249 e. The number of aliphatic imine (C=N–C) groups is 2. The van der Waals surface area contributed by atoms with Crippen LogP contribution in [0.5, 0.6) is 0 Å². The number of nitrogens with zero attached hydrogens (tertiary/aromatic N) is 2. The first-order chi connectivity index (χ1) is 22.2. The Labute approximate surface area is 281 Å². The molecule has 0 radical (unpaired) electrons. The Morgan fingerprint density at radius 1 is 0.979 bits per heavy atom. The topological polar surface area (TPSA) is 160 Å². The van der Waals surface area contributed by atoms with Gasteiger partial charge in [-0.05, 0) is 46.1 Å². The van der Waals surface area contributed by atoms with Gasteiger partial charge in [0.15, 0.2) is 6.04 Å². The number of benzene rings is 1. The summed E-state index contributed by atoms with van der Waals surface area (Å²) in [4.78, 5) is 64.3. The van der Waals surface area contributed by atoms with Crippen molar-refractivity contribution in [3.63, 3.8) is 0 Å². The molecule has 3 aliphatic heterocycles. The molecule has 4 bridgehead atoms. The van der Waals surface area contributed by atoms with Crippen LogP contribution in [0, 0.1) is 5.92 Å². The summed E-state index contributed by atoms with van der Waals surface area (Å²) in [6, 6.07) is 4.58. The van der Waals surface area contributed by atoms with Crippen LogP contribution in [0.15, 0.2) is 53.0 Å². The van der Waals surface area contributed by atoms with Crippen molar-refractivity contribution < 1.29 is 28.7 Å². The highest BCUT2D eigenvalue weighted by Crippen LogP contribution is 2.24. The van der Waals surface area contributed by atoms with E-state index in [1.54, 1.807) is 40.7 Å². The van der Waals surface area contributed by atoms with E-state index >= 15 is 0 Å². The number of hydrogen-bond donors (Lipinski definition) is 4.